The zero-order chi connectivity index (χ0) is 9.97. The lowest BCUT2D eigenvalue weighted by atomic mass is 10.1. The topological polar surface area (TPSA) is 37.1 Å². The van der Waals surface area contributed by atoms with E-state index in [1.165, 1.54) is 0 Å². The van der Waals surface area contributed by atoms with E-state index in [1.807, 2.05) is 18.4 Å². The monoisotopic (exact) mass is 185 g/mol. The van der Waals surface area contributed by atoms with Crippen LogP contribution in [0.3, 0.4) is 0 Å². The van der Waals surface area contributed by atoms with E-state index in [-0.39, 0.29) is 0 Å². The summed E-state index contributed by atoms with van der Waals surface area (Å²) >= 11 is 0. The van der Waals surface area contributed by atoms with Crippen LogP contribution < -0.4 is 0 Å². The molecule has 0 unspecified atom stereocenters. The third kappa shape index (κ3) is 1.48. The molecule has 3 nitrogen and oxygen atoms in total. The van der Waals surface area contributed by atoms with Gasteiger partial charge in [0.2, 0.25) is 0 Å². The van der Waals surface area contributed by atoms with E-state index in [9.17, 15) is 0 Å². The highest BCUT2D eigenvalue weighted by Crippen LogP contribution is 2.20. The Bertz CT molecular complexity index is 408. The van der Waals surface area contributed by atoms with Gasteiger partial charge >= 0.3 is 0 Å². The molecule has 0 N–H and O–H groups in total. The molecule has 2 heterocycles. The maximum atomic E-state index is 4.41. The Balaban J connectivity index is 2.14. The number of rotatable bonds is 3. The summed E-state index contributed by atoms with van der Waals surface area (Å²) in [6.45, 7) is 7.18. The van der Waals surface area contributed by atoms with Crippen LogP contribution >= 0.6 is 0 Å². The highest BCUT2D eigenvalue weighted by Gasteiger charge is 2.15. The van der Waals surface area contributed by atoms with Gasteiger partial charge in [0.1, 0.15) is 0 Å². The molecule has 0 saturated carbocycles. The van der Waals surface area contributed by atoms with Crippen molar-refractivity contribution in [2.75, 3.05) is 0 Å². The summed E-state index contributed by atoms with van der Waals surface area (Å²) in [5.74, 6) is 0. The zero-order valence-electron chi connectivity index (χ0n) is 7.90. The van der Waals surface area contributed by atoms with Gasteiger partial charge in [0.15, 0.2) is 0 Å². The maximum absolute atomic E-state index is 4.41. The van der Waals surface area contributed by atoms with Gasteiger partial charge in [-0.15, -0.1) is 0 Å². The van der Waals surface area contributed by atoms with E-state index < -0.39 is 0 Å². The molecule has 0 amide bonds. The predicted octanol–water partition coefficient (Wildman–Crippen LogP) is 2.29. The predicted molar refractivity (Wildman–Crippen MR) is 60.0 cm³/mol. The normalized spacial score (nSPS) is 19.0. The van der Waals surface area contributed by atoms with Crippen molar-refractivity contribution in [1.82, 2.24) is 0 Å². The van der Waals surface area contributed by atoms with E-state index in [0.29, 0.717) is 5.70 Å². The van der Waals surface area contributed by atoms with Crippen molar-refractivity contribution in [2.24, 2.45) is 15.0 Å². The lowest BCUT2D eigenvalue weighted by molar-refractivity contribution is 1.28. The largest absolute Gasteiger partial charge is 0.263 e. The fourth-order valence-corrected chi connectivity index (χ4v) is 1.43. The van der Waals surface area contributed by atoms with Crippen LogP contribution in [-0.2, 0) is 0 Å². The Hall–Kier alpha value is -1.77. The summed E-state index contributed by atoms with van der Waals surface area (Å²) in [6, 6.07) is 0. The van der Waals surface area contributed by atoms with E-state index in [2.05, 4.69) is 28.3 Å². The number of aliphatic imine (C=N–C) groups is 3. The van der Waals surface area contributed by atoms with Crippen LogP contribution in [0.25, 0.3) is 0 Å². The third-order valence-electron chi connectivity index (χ3n) is 2.21. The Morgan fingerprint density at radius 3 is 2.86 bits per heavy atom. The minimum absolute atomic E-state index is 0.631. The van der Waals surface area contributed by atoms with Gasteiger partial charge in [-0.3, -0.25) is 9.98 Å². The summed E-state index contributed by atoms with van der Waals surface area (Å²) in [6.07, 6.45) is 7.55. The number of nitrogens with zero attached hydrogens (tertiary/aromatic N) is 3. The van der Waals surface area contributed by atoms with Gasteiger partial charge in [-0.25, -0.2) is 4.99 Å². The first-order valence-electron chi connectivity index (χ1n) is 4.47. The van der Waals surface area contributed by atoms with Gasteiger partial charge < -0.3 is 0 Å². The molecule has 0 fully saturated rings. The van der Waals surface area contributed by atoms with Gasteiger partial charge in [-0.05, 0) is 6.72 Å². The van der Waals surface area contributed by atoms with E-state index >= 15 is 0 Å². The molecule has 2 rings (SSSR count). The molecule has 0 aromatic rings. The Morgan fingerprint density at radius 1 is 1.36 bits per heavy atom. The molecule has 0 saturated heterocycles. The maximum Gasteiger partial charge on any atom is 0.0848 e. The van der Waals surface area contributed by atoms with Gasteiger partial charge in [-0.2, -0.15) is 0 Å². The number of hydrogen-bond donors (Lipinski definition) is 0. The van der Waals surface area contributed by atoms with Crippen LogP contribution in [0.15, 0.2) is 51.3 Å². The number of hydrogen-bond acceptors (Lipinski definition) is 3. The molecular weight excluding hydrogens is 174 g/mol. The molecule has 2 aliphatic heterocycles. The Kier molecular flexibility index (Phi) is 2.23. The summed E-state index contributed by atoms with van der Waals surface area (Å²) < 4.78 is 0. The quantitative estimate of drug-likeness (QED) is 0.605. The summed E-state index contributed by atoms with van der Waals surface area (Å²) in [5.41, 5.74) is 3.53. The minimum atomic E-state index is 0.631. The van der Waals surface area contributed by atoms with Crippen molar-refractivity contribution in [1.29, 1.82) is 0 Å². The number of allylic oxidation sites excluding steroid dienone is 2. The van der Waals surface area contributed by atoms with Crippen LogP contribution in [0.2, 0.25) is 0 Å². The second-order valence-corrected chi connectivity index (χ2v) is 3.12. The molecule has 0 aromatic heterocycles. The van der Waals surface area contributed by atoms with E-state index in [0.717, 1.165) is 30.0 Å². The summed E-state index contributed by atoms with van der Waals surface area (Å²) in [7, 11) is 0. The highest BCUT2D eigenvalue weighted by atomic mass is 14.9. The van der Waals surface area contributed by atoms with E-state index in [1.54, 1.807) is 0 Å². The molecule has 0 aliphatic carbocycles. The molecule has 0 spiro atoms. The van der Waals surface area contributed by atoms with Crippen molar-refractivity contribution >= 4 is 18.1 Å². The Morgan fingerprint density at radius 2 is 2.21 bits per heavy atom. The Labute approximate surface area is 83.0 Å². The van der Waals surface area contributed by atoms with Crippen molar-refractivity contribution in [3.8, 4) is 0 Å². The first-order chi connectivity index (χ1) is 6.81. The molecule has 0 bridgehead atoms. The van der Waals surface area contributed by atoms with Crippen LogP contribution in [0.4, 0.5) is 0 Å². The molecule has 0 radical (unpaired) electrons. The summed E-state index contributed by atoms with van der Waals surface area (Å²) in [4.78, 5) is 12.4. The second-order valence-electron chi connectivity index (χ2n) is 3.12. The fourth-order valence-electron chi connectivity index (χ4n) is 1.43. The van der Waals surface area contributed by atoms with Crippen LogP contribution in [0.5, 0.6) is 0 Å². The smallest absolute Gasteiger partial charge is 0.0848 e. The standard InChI is InChI=1S/C11H11N3/c1-8(12-2)9-5-6-11(14-9)10-4-3-7-13-10/h3,5,7H,1-2,4,6H2. The SMILES string of the molecule is C=NC(=C)C1=CCC(C2=NC=CC2)=N1. The van der Waals surface area contributed by atoms with Gasteiger partial charge in [0.25, 0.3) is 0 Å². The zero-order valence-corrected chi connectivity index (χ0v) is 7.90. The molecular formula is C11H11N3. The molecule has 2 aliphatic rings. The minimum Gasteiger partial charge on any atom is -0.263 e. The second kappa shape index (κ2) is 3.54. The lowest BCUT2D eigenvalue weighted by Gasteiger charge is -1.97. The van der Waals surface area contributed by atoms with Crippen LogP contribution in [-0.4, -0.2) is 18.1 Å². The van der Waals surface area contributed by atoms with E-state index in [4.69, 9.17) is 0 Å². The molecule has 0 aromatic carbocycles. The highest BCUT2D eigenvalue weighted by molar-refractivity contribution is 6.44. The van der Waals surface area contributed by atoms with Gasteiger partial charge in [0.05, 0.1) is 22.8 Å². The fraction of sp³-hybridized carbons (Fsp3) is 0.182. The average Bonchev–Trinajstić information content (AvgIpc) is 2.86. The van der Waals surface area contributed by atoms with Gasteiger partial charge in [0, 0.05) is 19.0 Å². The first-order valence-corrected chi connectivity index (χ1v) is 4.47. The third-order valence-corrected chi connectivity index (χ3v) is 2.21. The molecule has 0 atom stereocenters. The average molecular weight is 185 g/mol. The first kappa shape index (κ1) is 8.81. The lowest BCUT2D eigenvalue weighted by Crippen LogP contribution is -2.08. The van der Waals surface area contributed by atoms with Crippen LogP contribution in [0.1, 0.15) is 12.8 Å². The van der Waals surface area contributed by atoms with Crippen molar-refractivity contribution in [3.63, 3.8) is 0 Å². The van der Waals surface area contributed by atoms with Gasteiger partial charge in [-0.1, -0.05) is 18.7 Å². The molecule has 3 heteroatoms. The van der Waals surface area contributed by atoms with Crippen molar-refractivity contribution < 1.29 is 0 Å². The van der Waals surface area contributed by atoms with Crippen molar-refractivity contribution in [2.45, 2.75) is 12.8 Å². The van der Waals surface area contributed by atoms with Crippen molar-refractivity contribution in [3.05, 3.63) is 36.3 Å². The molecule has 14 heavy (non-hydrogen) atoms. The molecule has 70 valence electrons. The summed E-state index contributed by atoms with van der Waals surface area (Å²) in [5, 5.41) is 0. The van der Waals surface area contributed by atoms with Crippen LogP contribution in [0, 0.1) is 0 Å².